The number of hydrogen-bond donors (Lipinski definition) is 1. The minimum atomic E-state index is -0.0551. The smallest absolute Gasteiger partial charge is 0.268 e. The number of nitrogens with one attached hydrogen (secondary N) is 1. The monoisotopic (exact) mass is 416 g/mol. The van der Waals surface area contributed by atoms with Crippen LogP contribution in [0.5, 0.6) is 0 Å². The van der Waals surface area contributed by atoms with E-state index < -0.39 is 0 Å². The molecule has 0 aliphatic carbocycles. The maximum absolute atomic E-state index is 12.0. The Balaban J connectivity index is 1.66. The first-order valence-corrected chi connectivity index (χ1v) is 10.1. The van der Waals surface area contributed by atoms with Crippen molar-refractivity contribution in [3.05, 3.63) is 70.4 Å². The van der Waals surface area contributed by atoms with E-state index in [0.29, 0.717) is 23.2 Å². The molecule has 1 N–H and O–H groups in total. The Morgan fingerprint density at radius 3 is 2.58 bits per heavy atom. The van der Waals surface area contributed by atoms with Crippen molar-refractivity contribution in [3.63, 3.8) is 0 Å². The quantitative estimate of drug-likeness (QED) is 0.512. The SMILES string of the molecule is CNCc1ccc(-c2nnc(-c3cncc(-c4ccc(=O)n(C(C)C)c4)n3)o2)c(C)c1. The molecular formula is C23H24N6O2. The molecule has 0 aliphatic rings. The first-order chi connectivity index (χ1) is 15.0. The Labute approximate surface area is 180 Å². The summed E-state index contributed by atoms with van der Waals surface area (Å²) < 4.78 is 7.57. The van der Waals surface area contributed by atoms with Crippen molar-refractivity contribution >= 4 is 0 Å². The van der Waals surface area contributed by atoms with Crippen LogP contribution >= 0.6 is 0 Å². The van der Waals surface area contributed by atoms with E-state index in [-0.39, 0.29) is 11.6 Å². The highest BCUT2D eigenvalue weighted by Crippen LogP contribution is 2.27. The third-order valence-corrected chi connectivity index (χ3v) is 4.97. The lowest BCUT2D eigenvalue weighted by Gasteiger charge is -2.11. The molecule has 0 atom stereocenters. The Morgan fingerprint density at radius 1 is 1.06 bits per heavy atom. The van der Waals surface area contributed by atoms with Gasteiger partial charge in [0.1, 0.15) is 5.69 Å². The predicted molar refractivity (Wildman–Crippen MR) is 118 cm³/mol. The summed E-state index contributed by atoms with van der Waals surface area (Å²) in [5.41, 5.74) is 4.95. The predicted octanol–water partition coefficient (Wildman–Crippen LogP) is 3.63. The molecule has 8 heteroatoms. The summed E-state index contributed by atoms with van der Waals surface area (Å²) in [5.74, 6) is 0.726. The lowest BCUT2D eigenvalue weighted by Crippen LogP contribution is -2.20. The number of nitrogens with zero attached hydrogens (tertiary/aromatic N) is 5. The second-order valence-electron chi connectivity index (χ2n) is 7.64. The first-order valence-electron chi connectivity index (χ1n) is 10.1. The van der Waals surface area contributed by atoms with Crippen molar-refractivity contribution < 1.29 is 4.42 Å². The molecule has 0 unspecified atom stereocenters. The molecule has 3 aromatic heterocycles. The Hall–Kier alpha value is -3.65. The van der Waals surface area contributed by atoms with Crippen molar-refractivity contribution in [2.75, 3.05) is 7.05 Å². The van der Waals surface area contributed by atoms with Crippen LogP contribution in [0.1, 0.15) is 31.0 Å². The van der Waals surface area contributed by atoms with Gasteiger partial charge in [-0.2, -0.15) is 0 Å². The van der Waals surface area contributed by atoms with Gasteiger partial charge < -0.3 is 14.3 Å². The van der Waals surface area contributed by atoms with E-state index in [2.05, 4.69) is 31.5 Å². The Morgan fingerprint density at radius 2 is 1.84 bits per heavy atom. The van der Waals surface area contributed by atoms with Gasteiger partial charge in [0.2, 0.25) is 5.89 Å². The summed E-state index contributed by atoms with van der Waals surface area (Å²) in [6.45, 7) is 6.73. The molecule has 0 saturated carbocycles. The van der Waals surface area contributed by atoms with Crippen molar-refractivity contribution in [1.82, 2.24) is 30.0 Å². The summed E-state index contributed by atoms with van der Waals surface area (Å²) >= 11 is 0. The van der Waals surface area contributed by atoms with Gasteiger partial charge >= 0.3 is 0 Å². The van der Waals surface area contributed by atoms with E-state index in [4.69, 9.17) is 4.42 Å². The van der Waals surface area contributed by atoms with E-state index >= 15 is 0 Å². The molecule has 3 heterocycles. The van der Waals surface area contributed by atoms with Crippen LogP contribution < -0.4 is 10.9 Å². The molecule has 0 saturated heterocycles. The third kappa shape index (κ3) is 4.29. The minimum Gasteiger partial charge on any atom is -0.415 e. The fourth-order valence-corrected chi connectivity index (χ4v) is 3.38. The second-order valence-corrected chi connectivity index (χ2v) is 7.64. The average Bonchev–Trinajstić information content (AvgIpc) is 3.24. The van der Waals surface area contributed by atoms with Gasteiger partial charge in [-0.1, -0.05) is 12.1 Å². The zero-order valence-corrected chi connectivity index (χ0v) is 18.0. The fourth-order valence-electron chi connectivity index (χ4n) is 3.38. The van der Waals surface area contributed by atoms with Crippen LogP contribution in [0.3, 0.4) is 0 Å². The zero-order valence-electron chi connectivity index (χ0n) is 18.0. The number of pyridine rings is 1. The summed E-state index contributed by atoms with van der Waals surface area (Å²) in [7, 11) is 1.92. The van der Waals surface area contributed by atoms with E-state index in [1.54, 1.807) is 29.2 Å². The van der Waals surface area contributed by atoms with Crippen LogP contribution in [-0.4, -0.2) is 31.8 Å². The van der Waals surface area contributed by atoms with Gasteiger partial charge in [-0.05, 0) is 51.1 Å². The van der Waals surface area contributed by atoms with E-state index in [0.717, 1.165) is 23.2 Å². The molecule has 158 valence electrons. The van der Waals surface area contributed by atoms with Crippen molar-refractivity contribution in [2.24, 2.45) is 0 Å². The highest BCUT2D eigenvalue weighted by Gasteiger charge is 2.15. The van der Waals surface area contributed by atoms with Gasteiger partial charge in [-0.25, -0.2) is 4.98 Å². The topological polar surface area (TPSA) is 98.7 Å². The number of hydrogen-bond acceptors (Lipinski definition) is 7. The van der Waals surface area contributed by atoms with Gasteiger partial charge in [0.15, 0.2) is 0 Å². The number of benzene rings is 1. The van der Waals surface area contributed by atoms with Gasteiger partial charge in [0.25, 0.3) is 11.4 Å². The number of aromatic nitrogens is 5. The van der Waals surface area contributed by atoms with Gasteiger partial charge in [0, 0.05) is 36.0 Å². The second kappa shape index (κ2) is 8.61. The normalized spacial score (nSPS) is 11.3. The van der Waals surface area contributed by atoms with Crippen molar-refractivity contribution in [2.45, 2.75) is 33.4 Å². The summed E-state index contributed by atoms with van der Waals surface area (Å²) in [5, 5.41) is 11.5. The molecule has 0 radical (unpaired) electrons. The van der Waals surface area contributed by atoms with Crippen LogP contribution in [0, 0.1) is 6.92 Å². The molecule has 0 amide bonds. The number of rotatable bonds is 6. The largest absolute Gasteiger partial charge is 0.415 e. The highest BCUT2D eigenvalue weighted by molar-refractivity contribution is 5.62. The Kier molecular flexibility index (Phi) is 5.73. The van der Waals surface area contributed by atoms with Gasteiger partial charge in [-0.3, -0.25) is 9.78 Å². The molecule has 31 heavy (non-hydrogen) atoms. The van der Waals surface area contributed by atoms with Crippen LogP contribution in [0.2, 0.25) is 0 Å². The Bertz CT molecular complexity index is 1280. The molecular weight excluding hydrogens is 392 g/mol. The van der Waals surface area contributed by atoms with Gasteiger partial charge in [-0.15, -0.1) is 10.2 Å². The molecule has 0 spiro atoms. The highest BCUT2D eigenvalue weighted by atomic mass is 16.4. The first kappa shape index (κ1) is 20.6. The molecule has 4 rings (SSSR count). The van der Waals surface area contributed by atoms with Gasteiger partial charge in [0.05, 0.1) is 18.1 Å². The van der Waals surface area contributed by atoms with E-state index in [9.17, 15) is 4.79 Å². The summed E-state index contributed by atoms with van der Waals surface area (Å²) in [4.78, 5) is 21.0. The summed E-state index contributed by atoms with van der Waals surface area (Å²) in [6.07, 6.45) is 5.02. The molecule has 8 nitrogen and oxygen atoms in total. The van der Waals surface area contributed by atoms with Crippen LogP contribution in [0.15, 0.2) is 58.1 Å². The minimum absolute atomic E-state index is 0.0461. The van der Waals surface area contributed by atoms with E-state index in [1.165, 1.54) is 11.6 Å². The maximum Gasteiger partial charge on any atom is 0.268 e. The standard InChI is InChI=1S/C23H24N6O2/c1-14(2)29-13-17(6-8-21(29)30)19-11-25-12-20(26-19)23-28-27-22(31-23)18-7-5-16(10-24-4)9-15(18)3/h5-9,11-14,24H,10H2,1-4H3. The summed E-state index contributed by atoms with van der Waals surface area (Å²) in [6, 6.07) is 9.44. The average molecular weight is 416 g/mol. The lowest BCUT2D eigenvalue weighted by molar-refractivity contribution is 0.578. The zero-order chi connectivity index (χ0) is 22.0. The van der Waals surface area contributed by atoms with Crippen molar-refractivity contribution in [3.8, 4) is 34.3 Å². The fraction of sp³-hybridized carbons (Fsp3) is 0.261. The van der Waals surface area contributed by atoms with Crippen LogP contribution in [0.4, 0.5) is 0 Å². The van der Waals surface area contributed by atoms with Crippen LogP contribution in [0.25, 0.3) is 34.3 Å². The lowest BCUT2D eigenvalue weighted by atomic mass is 10.1. The maximum atomic E-state index is 12.0. The molecule has 4 aromatic rings. The molecule has 0 bridgehead atoms. The molecule has 0 aliphatic heterocycles. The molecule has 0 fully saturated rings. The van der Waals surface area contributed by atoms with Crippen molar-refractivity contribution in [1.29, 1.82) is 0 Å². The van der Waals surface area contributed by atoms with E-state index in [1.807, 2.05) is 40.0 Å². The number of aryl methyl sites for hydroxylation is 1. The molecule has 1 aromatic carbocycles. The third-order valence-electron chi connectivity index (χ3n) is 4.97. The van der Waals surface area contributed by atoms with Crippen LogP contribution in [-0.2, 0) is 6.54 Å².